The number of nitro groups is 1. The zero-order valence-electron chi connectivity index (χ0n) is 16.5. The molecule has 0 bridgehead atoms. The lowest BCUT2D eigenvalue weighted by Gasteiger charge is -2.08. The number of rotatable bonds is 8. The number of ether oxygens (including phenoxy) is 1. The van der Waals surface area contributed by atoms with Gasteiger partial charge in [0, 0.05) is 13.1 Å². The van der Waals surface area contributed by atoms with Crippen LogP contribution in [0.3, 0.4) is 0 Å². The first-order valence-electron chi connectivity index (χ1n) is 8.91. The van der Waals surface area contributed by atoms with Crippen LogP contribution in [0.15, 0.2) is 57.4 Å². The standard InChI is InChI=1S/C18H16N6O7S/c1-23-10-20-22-18(23)32-14-5-4-11(7-13(14)24(28)29)16(26)31-9-15(25)21-17(27)19-8-12-3-2-6-30-12/h2-7,10H,8-9H2,1H3,(H2,19,21,25,27). The van der Waals surface area contributed by atoms with Gasteiger partial charge < -0.3 is 19.0 Å². The predicted molar refractivity (Wildman–Crippen MR) is 108 cm³/mol. The van der Waals surface area contributed by atoms with Crippen LogP contribution in [0.5, 0.6) is 0 Å². The lowest BCUT2D eigenvalue weighted by Crippen LogP contribution is -2.41. The van der Waals surface area contributed by atoms with Crippen molar-refractivity contribution in [3.63, 3.8) is 0 Å². The third-order valence-electron chi connectivity index (χ3n) is 3.85. The second-order valence-corrected chi connectivity index (χ2v) is 7.16. The molecule has 3 amide bonds. The second-order valence-electron chi connectivity index (χ2n) is 6.15. The maximum atomic E-state index is 12.2. The third-order valence-corrected chi connectivity index (χ3v) is 4.97. The largest absolute Gasteiger partial charge is 0.467 e. The van der Waals surface area contributed by atoms with Crippen molar-refractivity contribution in [2.24, 2.45) is 7.05 Å². The van der Waals surface area contributed by atoms with Gasteiger partial charge in [0.2, 0.25) is 0 Å². The number of carbonyl (C=O) groups is 3. The number of esters is 1. The zero-order valence-corrected chi connectivity index (χ0v) is 17.3. The van der Waals surface area contributed by atoms with Crippen molar-refractivity contribution in [1.82, 2.24) is 25.4 Å². The van der Waals surface area contributed by atoms with Crippen molar-refractivity contribution >= 4 is 35.4 Å². The van der Waals surface area contributed by atoms with Gasteiger partial charge in [-0.15, -0.1) is 10.2 Å². The molecule has 2 heterocycles. The van der Waals surface area contributed by atoms with Crippen LogP contribution in [-0.4, -0.2) is 44.2 Å². The minimum atomic E-state index is -0.963. The fourth-order valence-electron chi connectivity index (χ4n) is 2.34. The summed E-state index contributed by atoms with van der Waals surface area (Å²) in [4.78, 5) is 46.7. The van der Waals surface area contributed by atoms with Gasteiger partial charge in [-0.2, -0.15) is 0 Å². The van der Waals surface area contributed by atoms with Gasteiger partial charge >= 0.3 is 12.0 Å². The Balaban J connectivity index is 1.55. The van der Waals surface area contributed by atoms with Crippen molar-refractivity contribution in [2.45, 2.75) is 16.6 Å². The number of urea groups is 1. The number of benzene rings is 1. The summed E-state index contributed by atoms with van der Waals surface area (Å²) in [7, 11) is 1.68. The van der Waals surface area contributed by atoms with Crippen LogP contribution in [-0.2, 0) is 23.1 Å². The number of furan rings is 1. The van der Waals surface area contributed by atoms with Crippen LogP contribution in [0.1, 0.15) is 16.1 Å². The number of nitro benzene ring substituents is 1. The normalized spacial score (nSPS) is 10.4. The quantitative estimate of drug-likeness (QED) is 0.286. The summed E-state index contributed by atoms with van der Waals surface area (Å²) < 4.78 is 11.5. The number of imide groups is 1. The number of hydrogen-bond acceptors (Lipinski definition) is 10. The van der Waals surface area contributed by atoms with Crippen molar-refractivity contribution in [3.8, 4) is 0 Å². The molecule has 0 aliphatic heterocycles. The predicted octanol–water partition coefficient (Wildman–Crippen LogP) is 1.65. The first-order valence-corrected chi connectivity index (χ1v) is 9.72. The van der Waals surface area contributed by atoms with Gasteiger partial charge in [0.05, 0.1) is 28.2 Å². The molecule has 2 N–H and O–H groups in total. The van der Waals surface area contributed by atoms with Crippen LogP contribution in [0.4, 0.5) is 10.5 Å². The number of aromatic nitrogens is 3. The van der Waals surface area contributed by atoms with E-state index in [1.165, 1.54) is 24.7 Å². The molecule has 0 saturated carbocycles. The minimum absolute atomic E-state index is 0.0638. The first kappa shape index (κ1) is 22.5. The smallest absolute Gasteiger partial charge is 0.338 e. The monoisotopic (exact) mass is 460 g/mol. The molecule has 3 aromatic rings. The van der Waals surface area contributed by atoms with Gasteiger partial charge in [-0.05, 0) is 36.0 Å². The Bertz CT molecular complexity index is 1140. The van der Waals surface area contributed by atoms with Crippen LogP contribution in [0.2, 0.25) is 0 Å². The number of amides is 3. The zero-order chi connectivity index (χ0) is 23.1. The van der Waals surface area contributed by atoms with E-state index in [1.807, 2.05) is 5.32 Å². The molecule has 13 nitrogen and oxygen atoms in total. The highest BCUT2D eigenvalue weighted by atomic mass is 32.2. The average molecular weight is 460 g/mol. The van der Waals surface area contributed by atoms with E-state index in [2.05, 4.69) is 15.5 Å². The fourth-order valence-corrected chi connectivity index (χ4v) is 3.19. The van der Waals surface area contributed by atoms with Gasteiger partial charge in [-0.25, -0.2) is 9.59 Å². The molecular weight excluding hydrogens is 444 g/mol. The minimum Gasteiger partial charge on any atom is -0.467 e. The van der Waals surface area contributed by atoms with Crippen molar-refractivity contribution < 1.29 is 28.5 Å². The van der Waals surface area contributed by atoms with Crippen molar-refractivity contribution in [3.05, 3.63) is 64.4 Å². The molecule has 0 aliphatic rings. The molecule has 3 rings (SSSR count). The Hall–Kier alpha value is -4.20. The molecule has 0 saturated heterocycles. The number of carbonyl (C=O) groups excluding carboxylic acids is 3. The molecule has 0 atom stereocenters. The molecule has 1 aromatic carbocycles. The Morgan fingerprint density at radius 3 is 2.78 bits per heavy atom. The van der Waals surface area contributed by atoms with Gasteiger partial charge in [0.1, 0.15) is 12.1 Å². The van der Waals surface area contributed by atoms with Crippen molar-refractivity contribution in [1.29, 1.82) is 0 Å². The fraction of sp³-hybridized carbons (Fsp3) is 0.167. The van der Waals surface area contributed by atoms with E-state index in [0.29, 0.717) is 10.9 Å². The molecule has 166 valence electrons. The molecule has 0 fully saturated rings. The van der Waals surface area contributed by atoms with Crippen LogP contribution in [0.25, 0.3) is 0 Å². The Morgan fingerprint density at radius 1 is 1.31 bits per heavy atom. The Labute approximate surface area is 184 Å². The molecular formula is C18H16N6O7S. The number of nitrogens with zero attached hydrogens (tertiary/aromatic N) is 4. The molecule has 2 aromatic heterocycles. The van der Waals surface area contributed by atoms with Crippen molar-refractivity contribution in [2.75, 3.05) is 6.61 Å². The summed E-state index contributed by atoms with van der Waals surface area (Å²) in [5.41, 5.74) is -0.469. The van der Waals surface area contributed by atoms with Crippen LogP contribution in [0, 0.1) is 10.1 Å². The summed E-state index contributed by atoms with van der Waals surface area (Å²) in [6, 6.07) is 6.21. The Morgan fingerprint density at radius 2 is 2.12 bits per heavy atom. The summed E-state index contributed by atoms with van der Waals surface area (Å²) in [5.74, 6) is -1.35. The second kappa shape index (κ2) is 10.2. The third kappa shape index (κ3) is 5.91. The summed E-state index contributed by atoms with van der Waals surface area (Å²) in [6.45, 7) is -0.690. The maximum absolute atomic E-state index is 12.2. The van der Waals surface area contributed by atoms with E-state index in [4.69, 9.17) is 9.15 Å². The molecule has 0 radical (unpaired) electrons. The molecule has 0 spiro atoms. The van der Waals surface area contributed by atoms with E-state index in [0.717, 1.165) is 17.8 Å². The lowest BCUT2D eigenvalue weighted by molar-refractivity contribution is -0.387. The summed E-state index contributed by atoms with van der Waals surface area (Å²) in [5, 5.41) is 23.8. The molecule has 14 heteroatoms. The highest BCUT2D eigenvalue weighted by Gasteiger charge is 2.21. The van der Waals surface area contributed by atoms with Gasteiger partial charge in [-0.3, -0.25) is 20.2 Å². The van der Waals surface area contributed by atoms with E-state index in [-0.39, 0.29) is 22.7 Å². The summed E-state index contributed by atoms with van der Waals surface area (Å²) in [6.07, 6.45) is 2.88. The average Bonchev–Trinajstić information content (AvgIpc) is 3.42. The van der Waals surface area contributed by atoms with Gasteiger partial charge in [0.15, 0.2) is 11.8 Å². The highest BCUT2D eigenvalue weighted by Crippen LogP contribution is 2.34. The maximum Gasteiger partial charge on any atom is 0.338 e. The Kier molecular flexibility index (Phi) is 7.17. The van der Waals surface area contributed by atoms with E-state index in [9.17, 15) is 24.5 Å². The number of nitrogens with one attached hydrogen (secondary N) is 2. The highest BCUT2D eigenvalue weighted by molar-refractivity contribution is 7.99. The van der Waals surface area contributed by atoms with E-state index >= 15 is 0 Å². The number of hydrogen-bond donors (Lipinski definition) is 2. The SMILES string of the molecule is Cn1cnnc1Sc1ccc(C(=O)OCC(=O)NC(=O)NCc2ccco2)cc1[N+](=O)[O-]. The van der Waals surface area contributed by atoms with Gasteiger partial charge in [0.25, 0.3) is 11.6 Å². The molecule has 32 heavy (non-hydrogen) atoms. The van der Waals surface area contributed by atoms with E-state index < -0.39 is 29.4 Å². The number of aryl methyl sites for hydroxylation is 1. The topological polar surface area (TPSA) is 171 Å². The molecule has 0 unspecified atom stereocenters. The molecule has 0 aliphatic carbocycles. The lowest BCUT2D eigenvalue weighted by atomic mass is 10.2. The van der Waals surface area contributed by atoms with E-state index in [1.54, 1.807) is 23.7 Å². The first-order chi connectivity index (χ1) is 15.3. The van der Waals surface area contributed by atoms with Crippen LogP contribution >= 0.6 is 11.8 Å². The summed E-state index contributed by atoms with van der Waals surface area (Å²) >= 11 is 1.01. The van der Waals surface area contributed by atoms with Crippen LogP contribution < -0.4 is 10.6 Å². The van der Waals surface area contributed by atoms with Gasteiger partial charge in [-0.1, -0.05) is 0 Å².